The van der Waals surface area contributed by atoms with E-state index in [-0.39, 0.29) is 17.1 Å². The summed E-state index contributed by atoms with van der Waals surface area (Å²) >= 11 is 0. The summed E-state index contributed by atoms with van der Waals surface area (Å²) in [6.07, 6.45) is -1.34. The maximum atomic E-state index is 12.8. The first-order valence-corrected chi connectivity index (χ1v) is 8.01. The molecule has 3 amide bonds. The molecule has 1 atom stereocenters. The molecule has 0 aliphatic heterocycles. The predicted octanol–water partition coefficient (Wildman–Crippen LogP) is 2.06. The Kier molecular flexibility index (Phi) is 6.76. The van der Waals surface area contributed by atoms with Crippen LogP contribution in [-0.4, -0.2) is 39.2 Å². The molecule has 0 bridgehead atoms. The van der Waals surface area contributed by atoms with Crippen molar-refractivity contribution in [2.75, 3.05) is 21.3 Å². The standard InChI is InChI=1S/C19H20N2O6/c1-20-19(24)21-17(22)16(12-8-5-4-6-9-12)27-18(23)15-13(25-2)10-7-11-14(15)26-3/h4-11,16H,1-3H3,(H2,20,21,22,24)/t16-/m0/s1. The third kappa shape index (κ3) is 4.75. The third-order valence-corrected chi connectivity index (χ3v) is 3.66. The van der Waals surface area contributed by atoms with Crippen LogP contribution >= 0.6 is 0 Å². The fourth-order valence-electron chi connectivity index (χ4n) is 2.36. The second-order valence-corrected chi connectivity index (χ2v) is 5.30. The van der Waals surface area contributed by atoms with Crippen LogP contribution in [0.5, 0.6) is 11.5 Å². The summed E-state index contributed by atoms with van der Waals surface area (Å²) in [6, 6.07) is 12.4. The van der Waals surface area contributed by atoms with Crippen molar-refractivity contribution in [3.05, 3.63) is 59.7 Å². The molecule has 8 heteroatoms. The molecule has 0 fully saturated rings. The number of imide groups is 1. The molecule has 142 valence electrons. The van der Waals surface area contributed by atoms with Crippen molar-refractivity contribution >= 4 is 17.9 Å². The number of urea groups is 1. The monoisotopic (exact) mass is 372 g/mol. The summed E-state index contributed by atoms with van der Waals surface area (Å²) in [7, 11) is 4.17. The highest BCUT2D eigenvalue weighted by Crippen LogP contribution is 2.31. The maximum absolute atomic E-state index is 12.8. The van der Waals surface area contributed by atoms with Gasteiger partial charge in [0, 0.05) is 12.6 Å². The highest BCUT2D eigenvalue weighted by Gasteiger charge is 2.29. The normalized spacial score (nSPS) is 11.1. The summed E-state index contributed by atoms with van der Waals surface area (Å²) in [5, 5.41) is 4.39. The summed E-state index contributed by atoms with van der Waals surface area (Å²) in [6.45, 7) is 0. The van der Waals surface area contributed by atoms with E-state index in [9.17, 15) is 14.4 Å². The number of esters is 1. The van der Waals surface area contributed by atoms with E-state index in [1.165, 1.54) is 21.3 Å². The first kappa shape index (κ1) is 19.8. The zero-order chi connectivity index (χ0) is 19.8. The van der Waals surface area contributed by atoms with Gasteiger partial charge in [-0.3, -0.25) is 10.1 Å². The molecule has 27 heavy (non-hydrogen) atoms. The number of nitrogens with one attached hydrogen (secondary N) is 2. The summed E-state index contributed by atoms with van der Waals surface area (Å²) in [5.74, 6) is -1.15. The van der Waals surface area contributed by atoms with E-state index in [4.69, 9.17) is 14.2 Å². The smallest absolute Gasteiger partial charge is 0.346 e. The fourth-order valence-corrected chi connectivity index (χ4v) is 2.36. The van der Waals surface area contributed by atoms with Gasteiger partial charge in [-0.2, -0.15) is 0 Å². The summed E-state index contributed by atoms with van der Waals surface area (Å²) in [4.78, 5) is 36.8. The van der Waals surface area contributed by atoms with Gasteiger partial charge in [0.1, 0.15) is 17.1 Å². The van der Waals surface area contributed by atoms with Crippen molar-refractivity contribution in [3.63, 3.8) is 0 Å². The molecule has 2 aromatic rings. The molecular weight excluding hydrogens is 352 g/mol. The number of carbonyl (C=O) groups is 3. The van der Waals surface area contributed by atoms with Crippen LogP contribution < -0.4 is 20.1 Å². The fraction of sp³-hybridized carbons (Fsp3) is 0.211. The first-order valence-electron chi connectivity index (χ1n) is 8.01. The van der Waals surface area contributed by atoms with E-state index in [2.05, 4.69) is 10.6 Å². The van der Waals surface area contributed by atoms with E-state index < -0.39 is 24.0 Å². The van der Waals surface area contributed by atoms with Crippen molar-refractivity contribution in [2.45, 2.75) is 6.10 Å². The molecule has 0 aliphatic rings. The number of methoxy groups -OCH3 is 2. The third-order valence-electron chi connectivity index (χ3n) is 3.66. The molecular formula is C19H20N2O6. The van der Waals surface area contributed by atoms with Gasteiger partial charge >= 0.3 is 12.0 Å². The molecule has 8 nitrogen and oxygen atoms in total. The van der Waals surface area contributed by atoms with Gasteiger partial charge in [-0.1, -0.05) is 36.4 Å². The molecule has 0 aliphatic carbocycles. The first-order chi connectivity index (χ1) is 13.0. The maximum Gasteiger partial charge on any atom is 0.346 e. The number of amides is 3. The lowest BCUT2D eigenvalue weighted by Gasteiger charge is -2.19. The van der Waals surface area contributed by atoms with Crippen LogP contribution in [0.1, 0.15) is 22.0 Å². The Hall–Kier alpha value is -3.55. The lowest BCUT2D eigenvalue weighted by atomic mass is 10.1. The Morgan fingerprint density at radius 2 is 1.48 bits per heavy atom. The highest BCUT2D eigenvalue weighted by atomic mass is 16.6. The quantitative estimate of drug-likeness (QED) is 0.753. The lowest BCUT2D eigenvalue weighted by Crippen LogP contribution is -2.41. The van der Waals surface area contributed by atoms with Crippen LogP contribution in [0, 0.1) is 0 Å². The van der Waals surface area contributed by atoms with Gasteiger partial charge in [0.25, 0.3) is 5.91 Å². The highest BCUT2D eigenvalue weighted by molar-refractivity contribution is 6.00. The second-order valence-electron chi connectivity index (χ2n) is 5.30. The number of hydrogen-bond acceptors (Lipinski definition) is 6. The SMILES string of the molecule is CNC(=O)NC(=O)[C@@H](OC(=O)c1c(OC)cccc1OC)c1ccccc1. The van der Waals surface area contributed by atoms with Crippen LogP contribution in [-0.2, 0) is 9.53 Å². The second kappa shape index (κ2) is 9.23. The molecule has 2 N–H and O–H groups in total. The summed E-state index contributed by atoms with van der Waals surface area (Å²) in [5.41, 5.74) is 0.442. The minimum Gasteiger partial charge on any atom is -0.496 e. The van der Waals surface area contributed by atoms with Gasteiger partial charge in [-0.05, 0) is 12.1 Å². The van der Waals surface area contributed by atoms with Crippen molar-refractivity contribution < 1.29 is 28.6 Å². The lowest BCUT2D eigenvalue weighted by molar-refractivity contribution is -0.129. The van der Waals surface area contributed by atoms with Gasteiger partial charge in [-0.25, -0.2) is 9.59 Å². The van der Waals surface area contributed by atoms with E-state index in [0.29, 0.717) is 5.56 Å². The average Bonchev–Trinajstić information content (AvgIpc) is 2.71. The predicted molar refractivity (Wildman–Crippen MR) is 96.7 cm³/mol. The Balaban J connectivity index is 2.37. The number of hydrogen-bond donors (Lipinski definition) is 2. The number of ether oxygens (including phenoxy) is 3. The molecule has 0 saturated carbocycles. The van der Waals surface area contributed by atoms with Crippen molar-refractivity contribution in [1.29, 1.82) is 0 Å². The topological polar surface area (TPSA) is 103 Å². The van der Waals surface area contributed by atoms with Crippen LogP contribution in [0.25, 0.3) is 0 Å². The molecule has 2 aromatic carbocycles. The van der Waals surface area contributed by atoms with E-state index in [0.717, 1.165) is 0 Å². The van der Waals surface area contributed by atoms with Gasteiger partial charge in [0.05, 0.1) is 14.2 Å². The molecule has 0 unspecified atom stereocenters. The van der Waals surface area contributed by atoms with Crippen molar-refractivity contribution in [3.8, 4) is 11.5 Å². The zero-order valence-electron chi connectivity index (χ0n) is 15.1. The Labute approximate surface area is 156 Å². The molecule has 2 rings (SSSR count). The van der Waals surface area contributed by atoms with Crippen LogP contribution in [0.15, 0.2) is 48.5 Å². The van der Waals surface area contributed by atoms with E-state index >= 15 is 0 Å². The zero-order valence-corrected chi connectivity index (χ0v) is 15.1. The minimum absolute atomic E-state index is 0.0381. The minimum atomic E-state index is -1.34. The average molecular weight is 372 g/mol. The Morgan fingerprint density at radius 3 is 2.00 bits per heavy atom. The number of benzene rings is 2. The van der Waals surface area contributed by atoms with Crippen LogP contribution in [0.3, 0.4) is 0 Å². The van der Waals surface area contributed by atoms with Crippen molar-refractivity contribution in [1.82, 2.24) is 10.6 Å². The summed E-state index contributed by atoms with van der Waals surface area (Å²) < 4.78 is 15.8. The Bertz CT molecular complexity index is 800. The number of rotatable bonds is 6. The van der Waals surface area contributed by atoms with Crippen molar-refractivity contribution in [2.24, 2.45) is 0 Å². The molecule has 0 spiro atoms. The number of carbonyl (C=O) groups excluding carboxylic acids is 3. The molecule has 0 radical (unpaired) electrons. The van der Waals surface area contributed by atoms with Gasteiger partial charge in [-0.15, -0.1) is 0 Å². The van der Waals surface area contributed by atoms with E-state index in [1.54, 1.807) is 48.5 Å². The molecule has 0 aromatic heterocycles. The van der Waals surface area contributed by atoms with Gasteiger partial charge in [0.2, 0.25) is 6.10 Å². The Morgan fingerprint density at radius 1 is 0.889 bits per heavy atom. The molecule has 0 heterocycles. The van der Waals surface area contributed by atoms with Crippen LogP contribution in [0.4, 0.5) is 4.79 Å². The molecule has 0 saturated heterocycles. The van der Waals surface area contributed by atoms with E-state index in [1.807, 2.05) is 0 Å². The largest absolute Gasteiger partial charge is 0.496 e. The van der Waals surface area contributed by atoms with Gasteiger partial charge in [0.15, 0.2) is 0 Å². The van der Waals surface area contributed by atoms with Crippen LogP contribution in [0.2, 0.25) is 0 Å². The van der Waals surface area contributed by atoms with Gasteiger partial charge < -0.3 is 19.5 Å².